The van der Waals surface area contributed by atoms with Gasteiger partial charge in [0.05, 0.1) is 12.3 Å². The lowest BCUT2D eigenvalue weighted by Crippen LogP contribution is -2.16. The van der Waals surface area contributed by atoms with E-state index in [2.05, 4.69) is 12.2 Å². The van der Waals surface area contributed by atoms with Crippen molar-refractivity contribution in [3.63, 3.8) is 0 Å². The third-order valence-electron chi connectivity index (χ3n) is 3.37. The Morgan fingerprint density at radius 3 is 2.50 bits per heavy atom. The first kappa shape index (κ1) is 16.3. The average Bonchev–Trinajstić information content (AvgIpc) is 2.52. The normalized spacial score (nSPS) is 10.6. The molecule has 0 saturated carbocycles. The van der Waals surface area contributed by atoms with Crippen LogP contribution in [0.4, 0.5) is 10.1 Å². The highest BCUT2D eigenvalue weighted by Gasteiger charge is 2.02. The van der Waals surface area contributed by atoms with Crippen LogP contribution in [-0.2, 0) is 13.0 Å². The molecule has 22 heavy (non-hydrogen) atoms. The molecule has 0 atom stereocenters. The molecule has 0 spiro atoms. The third kappa shape index (κ3) is 5.04. The Kier molecular flexibility index (Phi) is 6.22. The van der Waals surface area contributed by atoms with E-state index in [1.165, 1.54) is 17.7 Å². The summed E-state index contributed by atoms with van der Waals surface area (Å²) in [5.41, 5.74) is 8.92. The summed E-state index contributed by atoms with van der Waals surface area (Å²) in [6, 6.07) is 12.5. The molecule has 0 saturated heterocycles. The molecule has 0 aliphatic rings. The Bertz CT molecular complexity index is 584. The van der Waals surface area contributed by atoms with Gasteiger partial charge in [-0.3, -0.25) is 0 Å². The molecule has 4 heteroatoms. The van der Waals surface area contributed by atoms with Crippen LogP contribution in [0.5, 0.6) is 5.75 Å². The molecule has 0 aliphatic carbocycles. The minimum absolute atomic E-state index is 0.204. The smallest absolute Gasteiger partial charge is 0.142 e. The fraction of sp³-hybridized carbons (Fsp3) is 0.333. The highest BCUT2D eigenvalue weighted by atomic mass is 19.1. The zero-order valence-electron chi connectivity index (χ0n) is 12.9. The second kappa shape index (κ2) is 8.39. The summed E-state index contributed by atoms with van der Waals surface area (Å²) in [5.74, 6) is 0.550. The third-order valence-corrected chi connectivity index (χ3v) is 3.37. The van der Waals surface area contributed by atoms with Crippen molar-refractivity contribution in [2.24, 2.45) is 0 Å². The molecule has 0 aromatic heterocycles. The number of anilines is 1. The van der Waals surface area contributed by atoms with Crippen LogP contribution in [0.15, 0.2) is 42.5 Å². The molecule has 2 aromatic rings. The molecule has 0 unspecified atom stereocenters. The summed E-state index contributed by atoms with van der Waals surface area (Å²) in [5, 5.41) is 3.34. The second-order valence-electron chi connectivity index (χ2n) is 5.27. The molecular weight excluding hydrogens is 279 g/mol. The molecule has 0 bridgehead atoms. The van der Waals surface area contributed by atoms with Gasteiger partial charge in [0.15, 0.2) is 0 Å². The molecule has 0 fully saturated rings. The molecular formula is C18H23FN2O. The standard InChI is InChI=1S/C18H23FN2O/c1-2-11-22-18-8-5-14(12-17(18)20)9-10-21-13-15-3-6-16(19)7-4-15/h3-8,12,21H,2,9-11,13,20H2,1H3. The number of nitrogens with two attached hydrogens (primary N) is 1. The molecule has 2 rings (SSSR count). The Hall–Kier alpha value is -2.07. The SMILES string of the molecule is CCCOc1ccc(CCNCc2ccc(F)cc2)cc1N. The quantitative estimate of drug-likeness (QED) is 0.579. The summed E-state index contributed by atoms with van der Waals surface area (Å²) in [7, 11) is 0. The fourth-order valence-electron chi connectivity index (χ4n) is 2.16. The fourth-order valence-corrected chi connectivity index (χ4v) is 2.16. The van der Waals surface area contributed by atoms with Crippen LogP contribution in [0.3, 0.4) is 0 Å². The van der Waals surface area contributed by atoms with E-state index in [9.17, 15) is 4.39 Å². The lowest BCUT2D eigenvalue weighted by atomic mass is 10.1. The van der Waals surface area contributed by atoms with Crippen molar-refractivity contribution >= 4 is 5.69 Å². The molecule has 3 N–H and O–H groups in total. The van der Waals surface area contributed by atoms with Crippen molar-refractivity contribution in [1.82, 2.24) is 5.32 Å². The zero-order chi connectivity index (χ0) is 15.8. The zero-order valence-corrected chi connectivity index (χ0v) is 12.9. The van der Waals surface area contributed by atoms with Gasteiger partial charge in [-0.15, -0.1) is 0 Å². The maximum Gasteiger partial charge on any atom is 0.142 e. The van der Waals surface area contributed by atoms with Gasteiger partial charge >= 0.3 is 0 Å². The van der Waals surface area contributed by atoms with Gasteiger partial charge in [-0.1, -0.05) is 25.1 Å². The Labute approximate surface area is 131 Å². The number of ether oxygens (including phenoxy) is 1. The number of rotatable bonds is 8. The van der Waals surface area contributed by atoms with E-state index in [4.69, 9.17) is 10.5 Å². The number of halogens is 1. The van der Waals surface area contributed by atoms with Crippen molar-refractivity contribution in [2.45, 2.75) is 26.3 Å². The molecule has 0 aliphatic heterocycles. The van der Waals surface area contributed by atoms with Gasteiger partial charge in [0.2, 0.25) is 0 Å². The topological polar surface area (TPSA) is 47.3 Å². The Morgan fingerprint density at radius 1 is 1.09 bits per heavy atom. The summed E-state index contributed by atoms with van der Waals surface area (Å²) < 4.78 is 18.4. The minimum atomic E-state index is -0.204. The van der Waals surface area contributed by atoms with Gasteiger partial charge in [0.25, 0.3) is 0 Å². The predicted octanol–water partition coefficient (Wildman–Crippen LogP) is 3.53. The van der Waals surface area contributed by atoms with Crippen LogP contribution in [-0.4, -0.2) is 13.2 Å². The number of benzene rings is 2. The van der Waals surface area contributed by atoms with E-state index < -0.39 is 0 Å². The van der Waals surface area contributed by atoms with Crippen molar-refractivity contribution in [3.05, 3.63) is 59.4 Å². The lowest BCUT2D eigenvalue weighted by Gasteiger charge is -2.10. The van der Waals surface area contributed by atoms with Crippen LogP contribution >= 0.6 is 0 Å². The van der Waals surface area contributed by atoms with E-state index in [1.54, 1.807) is 12.1 Å². The Balaban J connectivity index is 1.77. The van der Waals surface area contributed by atoms with E-state index in [0.717, 1.165) is 37.2 Å². The van der Waals surface area contributed by atoms with E-state index in [1.807, 2.05) is 18.2 Å². The summed E-state index contributed by atoms with van der Waals surface area (Å²) >= 11 is 0. The van der Waals surface area contributed by atoms with Crippen LogP contribution in [0, 0.1) is 5.82 Å². The minimum Gasteiger partial charge on any atom is -0.491 e. The van der Waals surface area contributed by atoms with Crippen LogP contribution < -0.4 is 15.8 Å². The van der Waals surface area contributed by atoms with Gasteiger partial charge in [-0.2, -0.15) is 0 Å². The first-order valence-corrected chi connectivity index (χ1v) is 7.65. The van der Waals surface area contributed by atoms with Crippen molar-refractivity contribution in [2.75, 3.05) is 18.9 Å². The molecule has 118 valence electrons. The van der Waals surface area contributed by atoms with Gasteiger partial charge in [-0.25, -0.2) is 4.39 Å². The number of nitrogen functional groups attached to an aromatic ring is 1. The van der Waals surface area contributed by atoms with Gasteiger partial charge in [-0.05, 0) is 54.8 Å². The maximum absolute atomic E-state index is 12.8. The van der Waals surface area contributed by atoms with Crippen LogP contribution in [0.2, 0.25) is 0 Å². The highest BCUT2D eigenvalue weighted by molar-refractivity contribution is 5.54. The predicted molar refractivity (Wildman–Crippen MR) is 88.5 cm³/mol. The van der Waals surface area contributed by atoms with E-state index >= 15 is 0 Å². The lowest BCUT2D eigenvalue weighted by molar-refractivity contribution is 0.319. The largest absolute Gasteiger partial charge is 0.491 e. The number of hydrogen-bond acceptors (Lipinski definition) is 3. The van der Waals surface area contributed by atoms with Gasteiger partial charge < -0.3 is 15.8 Å². The Morgan fingerprint density at radius 2 is 1.82 bits per heavy atom. The molecule has 3 nitrogen and oxygen atoms in total. The summed E-state index contributed by atoms with van der Waals surface area (Å²) in [6.45, 7) is 4.32. The van der Waals surface area contributed by atoms with E-state index in [-0.39, 0.29) is 5.82 Å². The van der Waals surface area contributed by atoms with Crippen molar-refractivity contribution in [3.8, 4) is 5.75 Å². The van der Waals surface area contributed by atoms with E-state index in [0.29, 0.717) is 12.3 Å². The van der Waals surface area contributed by atoms with Gasteiger partial charge in [0, 0.05) is 6.54 Å². The van der Waals surface area contributed by atoms with Crippen LogP contribution in [0.25, 0.3) is 0 Å². The maximum atomic E-state index is 12.8. The number of hydrogen-bond donors (Lipinski definition) is 2. The van der Waals surface area contributed by atoms with Crippen LogP contribution in [0.1, 0.15) is 24.5 Å². The molecule has 0 radical (unpaired) electrons. The second-order valence-corrected chi connectivity index (χ2v) is 5.27. The van der Waals surface area contributed by atoms with Crippen molar-refractivity contribution in [1.29, 1.82) is 0 Å². The van der Waals surface area contributed by atoms with Crippen molar-refractivity contribution < 1.29 is 9.13 Å². The summed E-state index contributed by atoms with van der Waals surface area (Å²) in [6.07, 6.45) is 1.86. The molecule has 0 amide bonds. The van der Waals surface area contributed by atoms with Gasteiger partial charge in [0.1, 0.15) is 11.6 Å². The average molecular weight is 302 g/mol. The molecule has 0 heterocycles. The monoisotopic (exact) mass is 302 g/mol. The summed E-state index contributed by atoms with van der Waals surface area (Å²) in [4.78, 5) is 0. The number of nitrogens with one attached hydrogen (secondary N) is 1. The first-order valence-electron chi connectivity index (χ1n) is 7.65. The first-order chi connectivity index (χ1) is 10.7. The highest BCUT2D eigenvalue weighted by Crippen LogP contribution is 2.22. The molecule has 2 aromatic carbocycles.